The lowest BCUT2D eigenvalue weighted by molar-refractivity contribution is -0.0778. The highest BCUT2D eigenvalue weighted by molar-refractivity contribution is 4.95. The molecule has 0 aromatic rings. The zero-order chi connectivity index (χ0) is 7.28. The number of hydrogen-bond donors (Lipinski definition) is 2. The average Bonchev–Trinajstić information content (AvgIpc) is 1.87. The Kier molecular flexibility index (Phi) is 4.09. The first-order valence-electron chi connectivity index (χ1n) is 3.05. The highest BCUT2D eigenvalue weighted by Gasteiger charge is 1.95. The number of likely N-dealkylation sites (N-methyl/N-ethyl adjacent to an activating group) is 1. The minimum atomic E-state index is 0.438. The predicted molar refractivity (Wildman–Crippen MR) is 37.0 cm³/mol. The maximum absolute atomic E-state index is 8.87. The molecule has 3 nitrogen and oxygen atoms in total. The summed E-state index contributed by atoms with van der Waals surface area (Å²) < 4.78 is 0. The van der Waals surface area contributed by atoms with Crippen molar-refractivity contribution in [3.8, 4) is 0 Å². The van der Waals surface area contributed by atoms with E-state index >= 15 is 0 Å². The third kappa shape index (κ3) is 4.00. The second-order valence-corrected chi connectivity index (χ2v) is 1.84. The molecule has 3 heteroatoms. The summed E-state index contributed by atoms with van der Waals surface area (Å²) in [6.45, 7) is 4.75. The monoisotopic (exact) mass is 130 g/mol. The Morgan fingerprint density at radius 3 is 2.67 bits per heavy atom. The van der Waals surface area contributed by atoms with Crippen molar-refractivity contribution in [1.82, 2.24) is 5.06 Å². The van der Waals surface area contributed by atoms with Crippen LogP contribution in [0.1, 0.15) is 13.8 Å². The second-order valence-electron chi connectivity index (χ2n) is 1.84. The van der Waals surface area contributed by atoms with Gasteiger partial charge in [-0.05, 0) is 6.92 Å². The molecule has 0 aromatic heterocycles. The van der Waals surface area contributed by atoms with Gasteiger partial charge in [0.15, 0.2) is 0 Å². The Balaban J connectivity index is 3.47. The number of hydrogen-bond acceptors (Lipinski definition) is 3. The maximum atomic E-state index is 8.87. The minimum absolute atomic E-state index is 0.438. The van der Waals surface area contributed by atoms with Gasteiger partial charge in [-0.2, -0.15) is 5.06 Å². The van der Waals surface area contributed by atoms with Crippen LogP contribution in [-0.2, 0) is 0 Å². The standard InChI is InChI=1S/C6H14N2O/c1-3-6(7)5-8(9)4-2/h3,9H,4-5,7H2,1-2H3. The van der Waals surface area contributed by atoms with E-state index in [0.717, 1.165) is 5.06 Å². The van der Waals surface area contributed by atoms with Gasteiger partial charge in [-0.3, -0.25) is 0 Å². The molecule has 0 saturated carbocycles. The SMILES string of the molecule is CC=C(N)CN(O)CC. The van der Waals surface area contributed by atoms with Gasteiger partial charge in [0.2, 0.25) is 0 Å². The summed E-state index contributed by atoms with van der Waals surface area (Å²) in [6, 6.07) is 0. The Hall–Kier alpha value is -0.540. The number of rotatable bonds is 3. The van der Waals surface area contributed by atoms with Gasteiger partial charge in [0.1, 0.15) is 0 Å². The normalized spacial score (nSPS) is 12.7. The molecule has 0 bridgehead atoms. The molecule has 0 amide bonds. The average molecular weight is 130 g/mol. The quantitative estimate of drug-likeness (QED) is 0.549. The van der Waals surface area contributed by atoms with Crippen LogP contribution in [0.15, 0.2) is 11.8 Å². The van der Waals surface area contributed by atoms with E-state index in [0.29, 0.717) is 18.8 Å². The third-order valence-corrected chi connectivity index (χ3v) is 1.10. The number of allylic oxidation sites excluding steroid dienone is 1. The van der Waals surface area contributed by atoms with Crippen molar-refractivity contribution in [2.24, 2.45) is 5.73 Å². The van der Waals surface area contributed by atoms with Gasteiger partial charge in [-0.25, -0.2) is 0 Å². The van der Waals surface area contributed by atoms with E-state index in [1.807, 2.05) is 13.8 Å². The Bertz CT molecular complexity index is 101. The lowest BCUT2D eigenvalue weighted by atomic mass is 10.4. The van der Waals surface area contributed by atoms with Gasteiger partial charge in [0.05, 0.1) is 6.54 Å². The van der Waals surface area contributed by atoms with Crippen molar-refractivity contribution < 1.29 is 5.21 Å². The van der Waals surface area contributed by atoms with E-state index in [1.165, 1.54) is 0 Å². The smallest absolute Gasteiger partial charge is 0.0630 e. The summed E-state index contributed by atoms with van der Waals surface area (Å²) in [7, 11) is 0. The molecule has 9 heavy (non-hydrogen) atoms. The first-order valence-corrected chi connectivity index (χ1v) is 3.05. The molecule has 0 heterocycles. The highest BCUT2D eigenvalue weighted by atomic mass is 16.5. The highest BCUT2D eigenvalue weighted by Crippen LogP contribution is 1.86. The van der Waals surface area contributed by atoms with Crippen LogP contribution in [0.3, 0.4) is 0 Å². The van der Waals surface area contributed by atoms with E-state index in [1.54, 1.807) is 6.08 Å². The predicted octanol–water partition coefficient (Wildman–Crippen LogP) is 0.560. The van der Waals surface area contributed by atoms with Gasteiger partial charge in [-0.1, -0.05) is 13.0 Å². The van der Waals surface area contributed by atoms with Crippen LogP contribution < -0.4 is 5.73 Å². The first-order chi connectivity index (χ1) is 4.20. The molecule has 0 fully saturated rings. The molecule has 0 radical (unpaired) electrons. The van der Waals surface area contributed by atoms with Gasteiger partial charge in [0, 0.05) is 12.2 Å². The number of nitrogens with zero attached hydrogens (tertiary/aromatic N) is 1. The molecule has 0 atom stereocenters. The Morgan fingerprint density at radius 2 is 2.33 bits per heavy atom. The summed E-state index contributed by atoms with van der Waals surface area (Å²) in [4.78, 5) is 0. The first kappa shape index (κ1) is 8.46. The van der Waals surface area contributed by atoms with Crippen LogP contribution >= 0.6 is 0 Å². The molecule has 0 aliphatic rings. The van der Waals surface area contributed by atoms with E-state index in [4.69, 9.17) is 10.9 Å². The zero-order valence-corrected chi connectivity index (χ0v) is 5.96. The molecule has 3 N–H and O–H groups in total. The van der Waals surface area contributed by atoms with Crippen molar-refractivity contribution in [2.75, 3.05) is 13.1 Å². The zero-order valence-electron chi connectivity index (χ0n) is 5.96. The second kappa shape index (κ2) is 4.35. The molecule has 0 spiro atoms. The molecule has 0 saturated heterocycles. The fraction of sp³-hybridized carbons (Fsp3) is 0.667. The van der Waals surface area contributed by atoms with Gasteiger partial charge in [-0.15, -0.1) is 0 Å². The fourth-order valence-corrected chi connectivity index (χ4v) is 0.414. The Morgan fingerprint density at radius 1 is 1.78 bits per heavy atom. The summed E-state index contributed by atoms with van der Waals surface area (Å²) in [5, 5.41) is 10.0. The lowest BCUT2D eigenvalue weighted by Gasteiger charge is -2.10. The van der Waals surface area contributed by atoms with Crippen molar-refractivity contribution in [2.45, 2.75) is 13.8 Å². The summed E-state index contributed by atoms with van der Waals surface area (Å²) in [5.74, 6) is 0. The molecule has 54 valence electrons. The molecule has 0 aliphatic heterocycles. The van der Waals surface area contributed by atoms with Crippen molar-refractivity contribution in [1.29, 1.82) is 0 Å². The van der Waals surface area contributed by atoms with Gasteiger partial charge >= 0.3 is 0 Å². The summed E-state index contributed by atoms with van der Waals surface area (Å²) in [6.07, 6.45) is 1.78. The van der Waals surface area contributed by atoms with Crippen LogP contribution in [0.2, 0.25) is 0 Å². The minimum Gasteiger partial charge on any atom is -0.401 e. The summed E-state index contributed by atoms with van der Waals surface area (Å²) in [5.41, 5.74) is 6.10. The summed E-state index contributed by atoms with van der Waals surface area (Å²) >= 11 is 0. The Labute approximate surface area is 55.7 Å². The van der Waals surface area contributed by atoms with Crippen LogP contribution in [0.4, 0.5) is 0 Å². The van der Waals surface area contributed by atoms with Crippen molar-refractivity contribution in [3.05, 3.63) is 11.8 Å². The van der Waals surface area contributed by atoms with Crippen LogP contribution in [0.5, 0.6) is 0 Å². The molecular weight excluding hydrogens is 116 g/mol. The van der Waals surface area contributed by atoms with E-state index < -0.39 is 0 Å². The maximum Gasteiger partial charge on any atom is 0.0630 e. The largest absolute Gasteiger partial charge is 0.401 e. The topological polar surface area (TPSA) is 49.5 Å². The van der Waals surface area contributed by atoms with Crippen LogP contribution in [0.25, 0.3) is 0 Å². The number of hydroxylamine groups is 2. The molecule has 0 rings (SSSR count). The fourth-order valence-electron chi connectivity index (χ4n) is 0.414. The van der Waals surface area contributed by atoms with Crippen LogP contribution in [0, 0.1) is 0 Å². The van der Waals surface area contributed by atoms with Crippen molar-refractivity contribution >= 4 is 0 Å². The number of nitrogens with two attached hydrogens (primary N) is 1. The van der Waals surface area contributed by atoms with E-state index in [9.17, 15) is 0 Å². The molecule has 0 unspecified atom stereocenters. The van der Waals surface area contributed by atoms with Gasteiger partial charge < -0.3 is 10.9 Å². The lowest BCUT2D eigenvalue weighted by Crippen LogP contribution is -2.24. The third-order valence-electron chi connectivity index (χ3n) is 1.10. The van der Waals surface area contributed by atoms with Gasteiger partial charge in [0.25, 0.3) is 0 Å². The molecular formula is C6H14N2O. The van der Waals surface area contributed by atoms with E-state index in [2.05, 4.69) is 0 Å². The van der Waals surface area contributed by atoms with Crippen LogP contribution in [-0.4, -0.2) is 23.4 Å². The molecule has 0 aliphatic carbocycles. The molecule has 0 aromatic carbocycles. The van der Waals surface area contributed by atoms with E-state index in [-0.39, 0.29) is 0 Å². The van der Waals surface area contributed by atoms with Crippen molar-refractivity contribution in [3.63, 3.8) is 0 Å².